The van der Waals surface area contributed by atoms with Gasteiger partial charge < -0.3 is 10.2 Å². The van der Waals surface area contributed by atoms with E-state index in [0.717, 1.165) is 11.3 Å². The molecule has 1 amide bonds. The van der Waals surface area contributed by atoms with E-state index in [-0.39, 0.29) is 18.3 Å². The van der Waals surface area contributed by atoms with Crippen LogP contribution in [-0.2, 0) is 17.9 Å². The predicted octanol–water partition coefficient (Wildman–Crippen LogP) is 4.43. The van der Waals surface area contributed by atoms with Crippen LogP contribution in [0.1, 0.15) is 11.1 Å². The van der Waals surface area contributed by atoms with E-state index in [4.69, 9.17) is 0 Å². The van der Waals surface area contributed by atoms with E-state index in [0.29, 0.717) is 19.6 Å². The van der Waals surface area contributed by atoms with Gasteiger partial charge in [-0.3, -0.25) is 4.79 Å². The largest absolute Gasteiger partial charge is 0.358 e. The summed E-state index contributed by atoms with van der Waals surface area (Å²) in [6.45, 7) is 1.57. The molecule has 0 radical (unpaired) electrons. The topological polar surface area (TPSA) is 32.3 Å². The second kappa shape index (κ2) is 10.3. The van der Waals surface area contributed by atoms with Crippen molar-refractivity contribution in [1.82, 2.24) is 5.32 Å². The zero-order chi connectivity index (χ0) is 17.3. The molecule has 0 heterocycles. The van der Waals surface area contributed by atoms with Crippen molar-refractivity contribution >= 4 is 24.0 Å². The van der Waals surface area contributed by atoms with E-state index in [1.54, 1.807) is 0 Å². The van der Waals surface area contributed by atoms with Crippen LogP contribution < -0.4 is 10.2 Å². The Morgan fingerprint density at radius 2 is 1.23 bits per heavy atom. The lowest BCUT2D eigenvalue weighted by Crippen LogP contribution is -2.36. The zero-order valence-corrected chi connectivity index (χ0v) is 15.4. The van der Waals surface area contributed by atoms with E-state index in [9.17, 15) is 4.79 Å². The van der Waals surface area contributed by atoms with Gasteiger partial charge in [0.15, 0.2) is 0 Å². The smallest absolute Gasteiger partial charge is 0.239 e. The molecule has 134 valence electrons. The highest BCUT2D eigenvalue weighted by molar-refractivity contribution is 5.85. The average Bonchev–Trinajstić information content (AvgIpc) is 2.68. The highest BCUT2D eigenvalue weighted by Crippen LogP contribution is 2.16. The molecule has 1 N–H and O–H groups in total. The monoisotopic (exact) mass is 366 g/mol. The second-order valence-electron chi connectivity index (χ2n) is 5.94. The van der Waals surface area contributed by atoms with Gasteiger partial charge in [0.2, 0.25) is 5.91 Å². The Hall–Kier alpha value is -2.78. The number of rotatable bonds is 7. The van der Waals surface area contributed by atoms with E-state index < -0.39 is 0 Å². The second-order valence-corrected chi connectivity index (χ2v) is 5.94. The molecule has 3 rings (SSSR count). The normalized spacial score (nSPS) is 9.85. The number of benzene rings is 3. The number of halogens is 1. The standard InChI is InChI=1S/C22H22N2O.ClH/c25-22(23-16-19-10-4-1-5-11-19)18-24(21-14-8-3-9-15-21)17-20-12-6-2-7-13-20;/h1-15H,16-18H2,(H,23,25);1H. The quantitative estimate of drug-likeness (QED) is 0.670. The molecule has 0 bridgehead atoms. The van der Waals surface area contributed by atoms with E-state index in [1.165, 1.54) is 5.56 Å². The van der Waals surface area contributed by atoms with Gasteiger partial charge in [0.25, 0.3) is 0 Å². The maximum Gasteiger partial charge on any atom is 0.239 e. The van der Waals surface area contributed by atoms with Crippen LogP contribution in [0.25, 0.3) is 0 Å². The van der Waals surface area contributed by atoms with Crippen LogP contribution in [-0.4, -0.2) is 12.5 Å². The van der Waals surface area contributed by atoms with Crippen molar-refractivity contribution in [3.8, 4) is 0 Å². The first kappa shape index (κ1) is 19.5. The molecule has 0 fully saturated rings. The van der Waals surface area contributed by atoms with Gasteiger partial charge in [-0.1, -0.05) is 78.9 Å². The molecule has 3 aromatic rings. The molecule has 0 atom stereocenters. The van der Waals surface area contributed by atoms with Gasteiger partial charge >= 0.3 is 0 Å². The number of nitrogens with one attached hydrogen (secondary N) is 1. The molecule has 0 aliphatic carbocycles. The Balaban J connectivity index is 0.00000243. The van der Waals surface area contributed by atoms with Crippen LogP contribution in [0.5, 0.6) is 0 Å². The Morgan fingerprint density at radius 3 is 1.81 bits per heavy atom. The molecule has 26 heavy (non-hydrogen) atoms. The third-order valence-electron chi connectivity index (χ3n) is 4.00. The van der Waals surface area contributed by atoms with E-state index in [2.05, 4.69) is 22.3 Å². The summed E-state index contributed by atoms with van der Waals surface area (Å²) in [4.78, 5) is 14.5. The van der Waals surface area contributed by atoms with Crippen molar-refractivity contribution in [2.24, 2.45) is 0 Å². The van der Waals surface area contributed by atoms with Crippen molar-refractivity contribution in [2.75, 3.05) is 11.4 Å². The van der Waals surface area contributed by atoms with Crippen molar-refractivity contribution < 1.29 is 4.79 Å². The van der Waals surface area contributed by atoms with Gasteiger partial charge in [0.05, 0.1) is 6.54 Å². The van der Waals surface area contributed by atoms with Gasteiger partial charge in [-0.25, -0.2) is 0 Å². The summed E-state index contributed by atoms with van der Waals surface area (Å²) in [6.07, 6.45) is 0. The number of hydrogen-bond acceptors (Lipinski definition) is 2. The van der Waals surface area contributed by atoms with E-state index in [1.807, 2.05) is 78.9 Å². The maximum atomic E-state index is 12.4. The molecule has 3 nitrogen and oxygen atoms in total. The minimum Gasteiger partial charge on any atom is -0.358 e. The van der Waals surface area contributed by atoms with Crippen LogP contribution in [0, 0.1) is 0 Å². The first-order chi connectivity index (χ1) is 12.3. The van der Waals surface area contributed by atoms with Gasteiger partial charge in [-0.05, 0) is 23.3 Å². The zero-order valence-electron chi connectivity index (χ0n) is 14.5. The summed E-state index contributed by atoms with van der Waals surface area (Å²) < 4.78 is 0. The summed E-state index contributed by atoms with van der Waals surface area (Å²) in [6, 6.07) is 30.2. The van der Waals surface area contributed by atoms with Crippen LogP contribution in [0.4, 0.5) is 5.69 Å². The maximum absolute atomic E-state index is 12.4. The number of carbonyl (C=O) groups is 1. The van der Waals surface area contributed by atoms with Gasteiger partial charge in [0.1, 0.15) is 0 Å². The summed E-state index contributed by atoms with van der Waals surface area (Å²) in [5, 5.41) is 3.00. The fourth-order valence-corrected chi connectivity index (χ4v) is 2.71. The Bertz CT molecular complexity index is 779. The number of carbonyl (C=O) groups excluding carboxylic acids is 1. The predicted molar refractivity (Wildman–Crippen MR) is 109 cm³/mol. The highest BCUT2D eigenvalue weighted by atomic mass is 35.5. The van der Waals surface area contributed by atoms with Gasteiger partial charge in [-0.15, -0.1) is 12.4 Å². The lowest BCUT2D eigenvalue weighted by atomic mass is 10.2. The summed E-state index contributed by atoms with van der Waals surface area (Å²) >= 11 is 0. The molecule has 0 saturated carbocycles. The van der Waals surface area contributed by atoms with Crippen molar-refractivity contribution in [3.63, 3.8) is 0 Å². The number of hydrogen-bond donors (Lipinski definition) is 1. The summed E-state index contributed by atoms with van der Waals surface area (Å²) in [5.41, 5.74) is 3.33. The Kier molecular flexibility index (Phi) is 7.72. The third-order valence-corrected chi connectivity index (χ3v) is 4.00. The average molecular weight is 367 g/mol. The lowest BCUT2D eigenvalue weighted by Gasteiger charge is -2.24. The highest BCUT2D eigenvalue weighted by Gasteiger charge is 2.12. The molecule has 0 unspecified atom stereocenters. The Labute approximate surface area is 161 Å². The molecule has 3 aromatic carbocycles. The van der Waals surface area contributed by atoms with Crippen molar-refractivity contribution in [2.45, 2.75) is 13.1 Å². The fraction of sp³-hybridized carbons (Fsp3) is 0.136. The number of anilines is 1. The van der Waals surface area contributed by atoms with Crippen LogP contribution >= 0.6 is 12.4 Å². The molecule has 0 saturated heterocycles. The SMILES string of the molecule is Cl.O=C(CN(Cc1ccccc1)c1ccccc1)NCc1ccccc1. The minimum atomic E-state index is 0. The van der Waals surface area contributed by atoms with E-state index >= 15 is 0 Å². The van der Waals surface area contributed by atoms with Crippen LogP contribution in [0.15, 0.2) is 91.0 Å². The Morgan fingerprint density at radius 1 is 0.731 bits per heavy atom. The van der Waals surface area contributed by atoms with Crippen LogP contribution in [0.3, 0.4) is 0 Å². The van der Waals surface area contributed by atoms with Crippen molar-refractivity contribution in [3.05, 3.63) is 102 Å². The number of nitrogens with zero attached hydrogens (tertiary/aromatic N) is 1. The molecule has 0 aliphatic heterocycles. The van der Waals surface area contributed by atoms with Gasteiger partial charge in [-0.2, -0.15) is 0 Å². The third kappa shape index (κ3) is 5.94. The molecular weight excluding hydrogens is 344 g/mol. The molecule has 0 spiro atoms. The fourth-order valence-electron chi connectivity index (χ4n) is 2.71. The first-order valence-corrected chi connectivity index (χ1v) is 8.46. The minimum absolute atomic E-state index is 0. The van der Waals surface area contributed by atoms with Crippen molar-refractivity contribution in [1.29, 1.82) is 0 Å². The summed E-state index contributed by atoms with van der Waals surface area (Å²) in [7, 11) is 0. The number of amides is 1. The molecule has 0 aliphatic rings. The summed E-state index contributed by atoms with van der Waals surface area (Å²) in [5.74, 6) is 0.0173. The molecular formula is C22H23ClN2O. The number of para-hydroxylation sites is 1. The molecule has 4 heteroatoms. The molecule has 0 aromatic heterocycles. The first-order valence-electron chi connectivity index (χ1n) is 8.46. The lowest BCUT2D eigenvalue weighted by molar-refractivity contribution is -0.119. The van der Waals surface area contributed by atoms with Gasteiger partial charge in [0, 0.05) is 18.8 Å². The van der Waals surface area contributed by atoms with Crippen LogP contribution in [0.2, 0.25) is 0 Å².